The maximum atomic E-state index is 13.6. The summed E-state index contributed by atoms with van der Waals surface area (Å²) in [5.41, 5.74) is 0.316. The van der Waals surface area contributed by atoms with E-state index in [-0.39, 0.29) is 16.8 Å². The predicted octanol–water partition coefficient (Wildman–Crippen LogP) is 3.20. The van der Waals surface area contributed by atoms with E-state index in [0.717, 1.165) is 51.4 Å². The zero-order valence-corrected chi connectivity index (χ0v) is 19.0. The van der Waals surface area contributed by atoms with E-state index in [1.54, 1.807) is 23.1 Å². The fraction of sp³-hybridized carbons (Fsp3) is 0.652. The van der Waals surface area contributed by atoms with Crippen molar-refractivity contribution in [2.24, 2.45) is 5.92 Å². The summed E-state index contributed by atoms with van der Waals surface area (Å²) in [4.78, 5) is 27.8. The highest BCUT2D eigenvalue weighted by molar-refractivity contribution is 7.89. The number of fused-ring (bicyclic) bond motifs is 1. The van der Waals surface area contributed by atoms with Crippen molar-refractivity contribution < 1.29 is 22.7 Å². The lowest BCUT2D eigenvalue weighted by molar-refractivity contribution is -0.145. The number of ether oxygens (including phenoxy) is 1. The van der Waals surface area contributed by atoms with E-state index in [2.05, 4.69) is 0 Å². The summed E-state index contributed by atoms with van der Waals surface area (Å²) in [7, 11) is -2.30. The molecule has 0 spiro atoms. The van der Waals surface area contributed by atoms with Crippen molar-refractivity contribution in [2.75, 3.05) is 20.2 Å². The molecule has 0 radical (unpaired) electrons. The third kappa shape index (κ3) is 4.37. The standard InChI is InChI=1S/C23H32N2O5S/c1-30-23(27)21-16-17-9-4-5-12-20(17)25(21)22(26)18-10-8-11-19(15-18)31(28,29)24-13-6-2-3-7-14-24/h8,10-11,15,17,20-21H,2-7,9,12-14,16H2,1H3. The van der Waals surface area contributed by atoms with Gasteiger partial charge >= 0.3 is 5.97 Å². The SMILES string of the molecule is COC(=O)C1CC2CCCCC2N1C(=O)c1cccc(S(=O)(=O)N2CCCCCC2)c1. The highest BCUT2D eigenvalue weighted by Crippen LogP contribution is 2.41. The summed E-state index contributed by atoms with van der Waals surface area (Å²) in [5.74, 6) is -0.375. The second-order valence-corrected chi connectivity index (χ2v) is 10.9. The van der Waals surface area contributed by atoms with E-state index < -0.39 is 22.0 Å². The summed E-state index contributed by atoms with van der Waals surface area (Å²) >= 11 is 0. The molecule has 1 saturated carbocycles. The molecule has 8 heteroatoms. The molecule has 3 unspecified atom stereocenters. The van der Waals surface area contributed by atoms with Crippen molar-refractivity contribution in [1.29, 1.82) is 0 Å². The fourth-order valence-corrected chi connectivity index (χ4v) is 7.03. The topological polar surface area (TPSA) is 84.0 Å². The van der Waals surface area contributed by atoms with Crippen LogP contribution in [0.1, 0.15) is 68.1 Å². The van der Waals surface area contributed by atoms with Crippen molar-refractivity contribution in [2.45, 2.75) is 74.8 Å². The molecular formula is C23H32N2O5S. The van der Waals surface area contributed by atoms with Gasteiger partial charge in [-0.05, 0) is 56.2 Å². The van der Waals surface area contributed by atoms with E-state index >= 15 is 0 Å². The van der Waals surface area contributed by atoms with Gasteiger partial charge in [-0.2, -0.15) is 4.31 Å². The van der Waals surface area contributed by atoms with Crippen molar-refractivity contribution in [1.82, 2.24) is 9.21 Å². The van der Waals surface area contributed by atoms with Crippen LogP contribution in [-0.2, 0) is 19.6 Å². The van der Waals surface area contributed by atoms with Crippen LogP contribution in [0.3, 0.4) is 0 Å². The number of sulfonamides is 1. The van der Waals surface area contributed by atoms with Gasteiger partial charge in [0.25, 0.3) is 5.91 Å². The molecule has 1 aromatic rings. The van der Waals surface area contributed by atoms with Crippen LogP contribution in [0.15, 0.2) is 29.2 Å². The molecule has 1 aliphatic carbocycles. The molecule has 2 saturated heterocycles. The van der Waals surface area contributed by atoms with E-state index in [4.69, 9.17) is 4.74 Å². The average Bonchev–Trinajstić information content (AvgIpc) is 2.96. The molecule has 3 fully saturated rings. The number of hydrogen-bond donors (Lipinski definition) is 0. The highest BCUT2D eigenvalue weighted by Gasteiger charge is 2.48. The molecule has 1 amide bonds. The molecule has 0 aromatic heterocycles. The maximum Gasteiger partial charge on any atom is 0.328 e. The van der Waals surface area contributed by atoms with Gasteiger partial charge in [0.05, 0.1) is 12.0 Å². The molecule has 1 aromatic carbocycles. The summed E-state index contributed by atoms with van der Waals surface area (Å²) in [6, 6.07) is 5.72. The number of carbonyl (C=O) groups excluding carboxylic acids is 2. The number of rotatable bonds is 4. The first-order valence-electron chi connectivity index (χ1n) is 11.4. The van der Waals surface area contributed by atoms with Crippen molar-refractivity contribution in [3.05, 3.63) is 29.8 Å². The second-order valence-electron chi connectivity index (χ2n) is 8.95. The Labute approximate surface area is 184 Å². The molecule has 2 heterocycles. The van der Waals surface area contributed by atoms with E-state index in [1.807, 2.05) is 0 Å². The fourth-order valence-electron chi connectivity index (χ4n) is 5.47. The molecule has 2 aliphatic heterocycles. The maximum absolute atomic E-state index is 13.6. The third-order valence-corrected chi connectivity index (χ3v) is 8.97. The number of hydrogen-bond acceptors (Lipinski definition) is 5. The second kappa shape index (κ2) is 9.28. The highest BCUT2D eigenvalue weighted by atomic mass is 32.2. The molecule has 0 bridgehead atoms. The van der Waals surface area contributed by atoms with Gasteiger partial charge in [-0.3, -0.25) is 4.79 Å². The average molecular weight is 449 g/mol. The van der Waals surface area contributed by atoms with Crippen LogP contribution in [0.25, 0.3) is 0 Å². The number of amides is 1. The molecule has 7 nitrogen and oxygen atoms in total. The molecule has 3 aliphatic rings. The number of carbonyl (C=O) groups is 2. The Morgan fingerprint density at radius 3 is 2.42 bits per heavy atom. The van der Waals surface area contributed by atoms with Gasteiger partial charge in [0.2, 0.25) is 10.0 Å². The molecular weight excluding hydrogens is 416 g/mol. The van der Waals surface area contributed by atoms with Gasteiger partial charge in [-0.1, -0.05) is 31.7 Å². The van der Waals surface area contributed by atoms with Crippen LogP contribution in [0.5, 0.6) is 0 Å². The Morgan fingerprint density at radius 2 is 1.71 bits per heavy atom. The first-order chi connectivity index (χ1) is 14.9. The number of benzene rings is 1. The van der Waals surface area contributed by atoms with Crippen LogP contribution < -0.4 is 0 Å². The smallest absolute Gasteiger partial charge is 0.328 e. The van der Waals surface area contributed by atoms with Gasteiger partial charge in [0.15, 0.2) is 0 Å². The number of likely N-dealkylation sites (tertiary alicyclic amines) is 1. The molecule has 0 N–H and O–H groups in total. The lowest BCUT2D eigenvalue weighted by Gasteiger charge is -2.33. The normalized spacial score (nSPS) is 27.4. The third-order valence-electron chi connectivity index (χ3n) is 7.08. The van der Waals surface area contributed by atoms with Crippen molar-refractivity contribution in [3.8, 4) is 0 Å². The summed E-state index contributed by atoms with van der Waals surface area (Å²) < 4.78 is 32.9. The van der Waals surface area contributed by atoms with Crippen molar-refractivity contribution >= 4 is 21.9 Å². The van der Waals surface area contributed by atoms with Gasteiger partial charge in [-0.25, -0.2) is 13.2 Å². The Kier molecular flexibility index (Phi) is 6.67. The van der Waals surface area contributed by atoms with Gasteiger partial charge in [0.1, 0.15) is 6.04 Å². The van der Waals surface area contributed by atoms with E-state index in [1.165, 1.54) is 17.5 Å². The minimum atomic E-state index is -3.65. The Bertz CT molecular complexity index is 924. The van der Waals surface area contributed by atoms with Crippen LogP contribution in [0, 0.1) is 5.92 Å². The van der Waals surface area contributed by atoms with Crippen LogP contribution in [-0.4, -0.2) is 61.8 Å². The van der Waals surface area contributed by atoms with Crippen molar-refractivity contribution in [3.63, 3.8) is 0 Å². The van der Waals surface area contributed by atoms with Crippen LogP contribution in [0.4, 0.5) is 0 Å². The van der Waals surface area contributed by atoms with Gasteiger partial charge in [0, 0.05) is 24.7 Å². The predicted molar refractivity (Wildman–Crippen MR) is 116 cm³/mol. The van der Waals surface area contributed by atoms with Gasteiger partial charge < -0.3 is 9.64 Å². The van der Waals surface area contributed by atoms with Crippen LogP contribution in [0.2, 0.25) is 0 Å². The lowest BCUT2D eigenvalue weighted by atomic mass is 9.84. The summed E-state index contributed by atoms with van der Waals surface area (Å²) in [6.07, 6.45) is 8.43. The molecule has 31 heavy (non-hydrogen) atoms. The van der Waals surface area contributed by atoms with E-state index in [0.29, 0.717) is 31.0 Å². The minimum absolute atomic E-state index is 0.0104. The Balaban J connectivity index is 1.63. The van der Waals surface area contributed by atoms with Crippen LogP contribution >= 0.6 is 0 Å². The number of nitrogens with zero attached hydrogens (tertiary/aromatic N) is 2. The monoisotopic (exact) mass is 448 g/mol. The first kappa shape index (κ1) is 22.3. The van der Waals surface area contributed by atoms with E-state index in [9.17, 15) is 18.0 Å². The lowest BCUT2D eigenvalue weighted by Crippen LogP contribution is -2.46. The minimum Gasteiger partial charge on any atom is -0.467 e. The summed E-state index contributed by atoms with van der Waals surface area (Å²) in [6.45, 7) is 1.03. The zero-order valence-electron chi connectivity index (χ0n) is 18.2. The zero-order chi connectivity index (χ0) is 22.0. The molecule has 4 rings (SSSR count). The first-order valence-corrected chi connectivity index (χ1v) is 12.9. The number of methoxy groups -OCH3 is 1. The summed E-state index contributed by atoms with van der Waals surface area (Å²) in [5, 5.41) is 0. The number of esters is 1. The van der Waals surface area contributed by atoms with Gasteiger partial charge in [-0.15, -0.1) is 0 Å². The largest absolute Gasteiger partial charge is 0.467 e. The molecule has 170 valence electrons. The quantitative estimate of drug-likeness (QED) is 0.661. The molecule has 3 atom stereocenters. The Morgan fingerprint density at radius 1 is 1.00 bits per heavy atom. The Hall–Kier alpha value is -1.93.